The van der Waals surface area contributed by atoms with Gasteiger partial charge in [0.1, 0.15) is 11.4 Å². The summed E-state index contributed by atoms with van der Waals surface area (Å²) in [5.41, 5.74) is 1.16. The van der Waals surface area contributed by atoms with Crippen molar-refractivity contribution < 1.29 is 9.90 Å². The molecule has 5 nitrogen and oxygen atoms in total. The Kier molecular flexibility index (Phi) is 2.45. The SMILES string of the molecule is O=C(Cc1ccc(O)cc1)c1cn[nH]n1. The molecule has 0 bridgehead atoms. The number of rotatable bonds is 3. The summed E-state index contributed by atoms with van der Waals surface area (Å²) in [6.45, 7) is 0. The number of nitrogens with zero attached hydrogens (tertiary/aromatic N) is 2. The van der Waals surface area contributed by atoms with Crippen LogP contribution in [0.3, 0.4) is 0 Å². The molecule has 1 heterocycles. The molecule has 0 unspecified atom stereocenters. The summed E-state index contributed by atoms with van der Waals surface area (Å²) in [5, 5.41) is 18.7. The molecule has 0 saturated heterocycles. The van der Waals surface area contributed by atoms with Crippen LogP contribution in [0.5, 0.6) is 5.75 Å². The quantitative estimate of drug-likeness (QED) is 0.727. The Bertz CT molecular complexity index is 448. The van der Waals surface area contributed by atoms with E-state index in [4.69, 9.17) is 5.11 Å². The Labute approximate surface area is 85.8 Å². The van der Waals surface area contributed by atoms with Gasteiger partial charge in [-0.1, -0.05) is 12.1 Å². The maximum atomic E-state index is 11.6. The highest BCUT2D eigenvalue weighted by Gasteiger charge is 2.09. The number of aromatic amines is 1. The van der Waals surface area contributed by atoms with Crippen LogP contribution in [0.2, 0.25) is 0 Å². The second kappa shape index (κ2) is 3.91. The number of aromatic hydroxyl groups is 1. The average molecular weight is 203 g/mol. The normalized spacial score (nSPS) is 10.1. The molecule has 2 aromatic rings. The van der Waals surface area contributed by atoms with Gasteiger partial charge in [0.05, 0.1) is 6.20 Å². The van der Waals surface area contributed by atoms with Crippen LogP contribution >= 0.6 is 0 Å². The van der Waals surface area contributed by atoms with Gasteiger partial charge in [-0.15, -0.1) is 0 Å². The van der Waals surface area contributed by atoms with Crippen LogP contribution in [0.15, 0.2) is 30.5 Å². The lowest BCUT2D eigenvalue weighted by atomic mass is 10.1. The molecule has 0 radical (unpaired) electrons. The van der Waals surface area contributed by atoms with Gasteiger partial charge >= 0.3 is 0 Å². The van der Waals surface area contributed by atoms with Gasteiger partial charge in [-0.2, -0.15) is 15.4 Å². The fourth-order valence-corrected chi connectivity index (χ4v) is 1.23. The molecule has 0 aliphatic rings. The molecule has 0 amide bonds. The van der Waals surface area contributed by atoms with E-state index in [0.717, 1.165) is 5.56 Å². The van der Waals surface area contributed by atoms with Crippen LogP contribution in [-0.2, 0) is 6.42 Å². The second-order valence-electron chi connectivity index (χ2n) is 3.12. The minimum absolute atomic E-state index is 0.102. The molecule has 2 N–H and O–H groups in total. The fraction of sp³-hybridized carbons (Fsp3) is 0.100. The Balaban J connectivity index is 2.09. The highest BCUT2D eigenvalue weighted by atomic mass is 16.3. The van der Waals surface area contributed by atoms with Crippen LogP contribution in [0.1, 0.15) is 16.1 Å². The molecule has 0 fully saturated rings. The largest absolute Gasteiger partial charge is 0.508 e. The summed E-state index contributed by atoms with van der Waals surface area (Å²) in [6, 6.07) is 6.50. The molecule has 76 valence electrons. The number of Topliss-reactive ketones (excluding diaryl/α,β-unsaturated/α-hetero) is 1. The summed E-state index contributed by atoms with van der Waals surface area (Å²) in [7, 11) is 0. The van der Waals surface area contributed by atoms with E-state index in [9.17, 15) is 4.79 Å². The molecular formula is C10H9N3O2. The number of ketones is 1. The van der Waals surface area contributed by atoms with E-state index in [-0.39, 0.29) is 18.0 Å². The molecule has 0 saturated carbocycles. The van der Waals surface area contributed by atoms with E-state index in [0.29, 0.717) is 5.69 Å². The minimum Gasteiger partial charge on any atom is -0.508 e. The number of aromatic nitrogens is 3. The number of carbonyl (C=O) groups is 1. The third kappa shape index (κ3) is 2.19. The molecule has 5 heteroatoms. The summed E-state index contributed by atoms with van der Waals surface area (Å²) >= 11 is 0. The number of hydrogen-bond donors (Lipinski definition) is 2. The van der Waals surface area contributed by atoms with E-state index >= 15 is 0 Å². The van der Waals surface area contributed by atoms with Crippen molar-refractivity contribution in [1.82, 2.24) is 15.4 Å². The first-order valence-corrected chi connectivity index (χ1v) is 4.42. The maximum Gasteiger partial charge on any atom is 0.189 e. The second-order valence-corrected chi connectivity index (χ2v) is 3.12. The monoisotopic (exact) mass is 203 g/mol. The van der Waals surface area contributed by atoms with Crippen LogP contribution in [-0.4, -0.2) is 26.3 Å². The first kappa shape index (κ1) is 9.39. The number of nitrogens with one attached hydrogen (secondary N) is 1. The summed E-state index contributed by atoms with van der Waals surface area (Å²) in [5.74, 6) is 0.0853. The molecule has 0 aliphatic heterocycles. The molecule has 1 aromatic carbocycles. The van der Waals surface area contributed by atoms with Crippen molar-refractivity contribution in [3.63, 3.8) is 0 Å². The Morgan fingerprint density at radius 2 is 2.07 bits per heavy atom. The minimum atomic E-state index is -0.102. The van der Waals surface area contributed by atoms with Crippen molar-refractivity contribution in [3.8, 4) is 5.75 Å². The Morgan fingerprint density at radius 3 is 2.67 bits per heavy atom. The number of phenols is 1. The molecular weight excluding hydrogens is 194 g/mol. The van der Waals surface area contributed by atoms with Gasteiger partial charge in [0.15, 0.2) is 5.78 Å². The number of hydrogen-bond acceptors (Lipinski definition) is 4. The van der Waals surface area contributed by atoms with Gasteiger partial charge in [0.25, 0.3) is 0 Å². The van der Waals surface area contributed by atoms with Gasteiger partial charge in [0, 0.05) is 6.42 Å². The van der Waals surface area contributed by atoms with Crippen molar-refractivity contribution in [2.24, 2.45) is 0 Å². The first-order valence-electron chi connectivity index (χ1n) is 4.42. The smallest absolute Gasteiger partial charge is 0.189 e. The highest BCUT2D eigenvalue weighted by molar-refractivity contribution is 5.95. The summed E-state index contributed by atoms with van der Waals surface area (Å²) in [4.78, 5) is 11.6. The summed E-state index contributed by atoms with van der Waals surface area (Å²) < 4.78 is 0. The van der Waals surface area contributed by atoms with Crippen LogP contribution in [0.25, 0.3) is 0 Å². The zero-order valence-electron chi connectivity index (χ0n) is 7.84. The molecule has 2 rings (SSSR count). The van der Waals surface area contributed by atoms with Gasteiger partial charge in [0.2, 0.25) is 0 Å². The zero-order chi connectivity index (χ0) is 10.7. The lowest BCUT2D eigenvalue weighted by Crippen LogP contribution is -2.03. The van der Waals surface area contributed by atoms with E-state index in [1.807, 2.05) is 0 Å². The number of benzene rings is 1. The molecule has 0 spiro atoms. The van der Waals surface area contributed by atoms with E-state index in [1.54, 1.807) is 24.3 Å². The van der Waals surface area contributed by atoms with Crippen molar-refractivity contribution in [1.29, 1.82) is 0 Å². The van der Waals surface area contributed by atoms with Crippen molar-refractivity contribution in [3.05, 3.63) is 41.7 Å². The molecule has 15 heavy (non-hydrogen) atoms. The van der Waals surface area contributed by atoms with Gasteiger partial charge in [-0.3, -0.25) is 4.79 Å². The number of carbonyl (C=O) groups excluding carboxylic acids is 1. The maximum absolute atomic E-state index is 11.6. The van der Waals surface area contributed by atoms with E-state index in [2.05, 4.69) is 15.4 Å². The Morgan fingerprint density at radius 1 is 1.33 bits per heavy atom. The average Bonchev–Trinajstić information content (AvgIpc) is 2.74. The predicted octanol–water partition coefficient (Wildman–Crippen LogP) is 0.936. The molecule has 0 atom stereocenters. The lowest BCUT2D eigenvalue weighted by molar-refractivity contribution is 0.0988. The third-order valence-corrected chi connectivity index (χ3v) is 2.00. The van der Waals surface area contributed by atoms with Crippen molar-refractivity contribution in [2.75, 3.05) is 0 Å². The zero-order valence-corrected chi connectivity index (χ0v) is 7.84. The highest BCUT2D eigenvalue weighted by Crippen LogP contribution is 2.11. The van der Waals surface area contributed by atoms with Gasteiger partial charge in [-0.25, -0.2) is 0 Å². The third-order valence-electron chi connectivity index (χ3n) is 2.00. The predicted molar refractivity (Wildman–Crippen MR) is 52.5 cm³/mol. The molecule has 1 aromatic heterocycles. The van der Waals surface area contributed by atoms with Crippen LogP contribution in [0, 0.1) is 0 Å². The van der Waals surface area contributed by atoms with E-state index < -0.39 is 0 Å². The van der Waals surface area contributed by atoms with Crippen LogP contribution in [0.4, 0.5) is 0 Å². The lowest BCUT2D eigenvalue weighted by Gasteiger charge is -1.98. The topological polar surface area (TPSA) is 78.9 Å². The Hall–Kier alpha value is -2.17. The van der Waals surface area contributed by atoms with Crippen molar-refractivity contribution >= 4 is 5.78 Å². The fourth-order valence-electron chi connectivity index (χ4n) is 1.23. The van der Waals surface area contributed by atoms with Gasteiger partial charge in [-0.05, 0) is 17.7 Å². The number of H-pyrrole nitrogens is 1. The van der Waals surface area contributed by atoms with Crippen LogP contribution < -0.4 is 0 Å². The van der Waals surface area contributed by atoms with Crippen molar-refractivity contribution in [2.45, 2.75) is 6.42 Å². The van der Waals surface area contributed by atoms with Gasteiger partial charge < -0.3 is 5.11 Å². The number of phenolic OH excluding ortho intramolecular Hbond substituents is 1. The summed E-state index contributed by atoms with van der Waals surface area (Å²) in [6.07, 6.45) is 1.65. The standard InChI is InChI=1S/C10H9N3O2/c14-8-3-1-7(2-4-8)5-10(15)9-6-11-13-12-9/h1-4,6,14H,5H2,(H,11,12,13). The van der Waals surface area contributed by atoms with E-state index in [1.165, 1.54) is 6.20 Å². The first-order chi connectivity index (χ1) is 7.25. The molecule has 0 aliphatic carbocycles.